The highest BCUT2D eigenvalue weighted by Gasteiger charge is 2.34. The van der Waals surface area contributed by atoms with E-state index >= 15 is 0 Å². The first-order valence-electron chi connectivity index (χ1n) is 10.7. The molecule has 0 aromatic heterocycles. The molecule has 1 saturated heterocycles. The average Bonchev–Trinajstić information content (AvgIpc) is 2.74. The van der Waals surface area contributed by atoms with E-state index in [-0.39, 0.29) is 28.8 Å². The Morgan fingerprint density at radius 2 is 1.81 bits per heavy atom. The third-order valence-electron chi connectivity index (χ3n) is 5.97. The van der Waals surface area contributed by atoms with Crippen molar-refractivity contribution in [2.75, 3.05) is 13.1 Å². The van der Waals surface area contributed by atoms with Gasteiger partial charge in [0.25, 0.3) is 0 Å². The number of benzene rings is 2. The molecule has 2 aromatic carbocycles. The number of hydrogen-bond acceptors (Lipinski definition) is 3. The molecule has 1 aliphatic rings. The first-order valence-corrected chi connectivity index (χ1v) is 12.2. The summed E-state index contributed by atoms with van der Waals surface area (Å²) >= 11 is 0. The molecule has 1 heterocycles. The van der Waals surface area contributed by atoms with Gasteiger partial charge in [0.1, 0.15) is 5.82 Å². The van der Waals surface area contributed by atoms with E-state index in [1.165, 1.54) is 22.0 Å². The predicted octanol–water partition coefficient (Wildman–Crippen LogP) is 4.10. The molecule has 2 aromatic rings. The van der Waals surface area contributed by atoms with Crippen LogP contribution < -0.4 is 5.32 Å². The first-order chi connectivity index (χ1) is 14.6. The summed E-state index contributed by atoms with van der Waals surface area (Å²) < 4.78 is 40.3. The number of nitrogens with zero attached hydrogens (tertiary/aromatic N) is 1. The van der Waals surface area contributed by atoms with E-state index in [4.69, 9.17) is 0 Å². The molecule has 0 bridgehead atoms. The molecule has 1 amide bonds. The Kier molecular flexibility index (Phi) is 7.17. The van der Waals surface area contributed by atoms with E-state index in [2.05, 4.69) is 31.3 Å². The van der Waals surface area contributed by atoms with Crippen molar-refractivity contribution in [3.05, 3.63) is 66.0 Å². The maximum Gasteiger partial charge on any atom is 0.243 e. The largest absolute Gasteiger partial charge is 0.353 e. The highest BCUT2D eigenvalue weighted by Crippen LogP contribution is 2.29. The summed E-state index contributed by atoms with van der Waals surface area (Å²) in [6, 6.07) is 14.9. The van der Waals surface area contributed by atoms with Crippen molar-refractivity contribution in [1.29, 1.82) is 0 Å². The number of carbonyl (C=O) groups excluding carboxylic acids is 1. The SMILES string of the molecule is C[C@@H](CC(C)(C)c1ccccc1)NC(=O)[C@H]1CCCN(S(=O)(=O)c2ccc(F)cc2)C1. The number of carbonyl (C=O) groups is 1. The minimum Gasteiger partial charge on any atom is -0.353 e. The number of halogens is 1. The predicted molar refractivity (Wildman–Crippen MR) is 120 cm³/mol. The van der Waals surface area contributed by atoms with E-state index < -0.39 is 21.8 Å². The summed E-state index contributed by atoms with van der Waals surface area (Å²) in [5.41, 5.74) is 1.11. The Balaban J connectivity index is 1.62. The molecule has 3 rings (SSSR count). The third-order valence-corrected chi connectivity index (χ3v) is 7.85. The van der Waals surface area contributed by atoms with Gasteiger partial charge in [-0.25, -0.2) is 12.8 Å². The van der Waals surface area contributed by atoms with Crippen LogP contribution in [0.2, 0.25) is 0 Å². The summed E-state index contributed by atoms with van der Waals surface area (Å²) in [6.07, 6.45) is 2.03. The molecule has 0 aliphatic carbocycles. The number of piperidine rings is 1. The molecular weight excluding hydrogens is 415 g/mol. The normalized spacial score (nSPS) is 19.0. The highest BCUT2D eigenvalue weighted by atomic mass is 32.2. The van der Waals surface area contributed by atoms with Crippen LogP contribution in [-0.2, 0) is 20.2 Å². The van der Waals surface area contributed by atoms with E-state index in [0.29, 0.717) is 19.4 Å². The number of sulfonamides is 1. The van der Waals surface area contributed by atoms with Gasteiger partial charge >= 0.3 is 0 Å². The Morgan fingerprint density at radius 3 is 2.45 bits per heavy atom. The van der Waals surface area contributed by atoms with Crippen LogP contribution >= 0.6 is 0 Å². The lowest BCUT2D eigenvalue weighted by Crippen LogP contribution is -2.47. The fourth-order valence-electron chi connectivity index (χ4n) is 4.31. The highest BCUT2D eigenvalue weighted by molar-refractivity contribution is 7.89. The van der Waals surface area contributed by atoms with Crippen molar-refractivity contribution in [3.63, 3.8) is 0 Å². The smallest absolute Gasteiger partial charge is 0.243 e. The topological polar surface area (TPSA) is 66.5 Å². The molecule has 2 atom stereocenters. The molecule has 5 nitrogen and oxygen atoms in total. The van der Waals surface area contributed by atoms with Crippen LogP contribution in [0.3, 0.4) is 0 Å². The Bertz CT molecular complexity index is 991. The molecule has 0 radical (unpaired) electrons. The molecule has 1 N–H and O–H groups in total. The number of nitrogens with one attached hydrogen (secondary N) is 1. The fraction of sp³-hybridized carbons (Fsp3) is 0.458. The number of hydrogen-bond donors (Lipinski definition) is 1. The Hall–Kier alpha value is -2.25. The summed E-state index contributed by atoms with van der Waals surface area (Å²) in [7, 11) is -3.75. The second-order valence-electron chi connectivity index (χ2n) is 9.02. The molecule has 0 saturated carbocycles. The van der Waals surface area contributed by atoms with Crippen LogP contribution in [0.1, 0.15) is 45.6 Å². The number of amides is 1. The van der Waals surface area contributed by atoms with Crippen molar-refractivity contribution in [1.82, 2.24) is 9.62 Å². The Labute approximate surface area is 184 Å². The van der Waals surface area contributed by atoms with Crippen LogP contribution in [0.15, 0.2) is 59.5 Å². The van der Waals surface area contributed by atoms with Crippen LogP contribution in [0.4, 0.5) is 4.39 Å². The van der Waals surface area contributed by atoms with Gasteiger partial charge in [-0.15, -0.1) is 0 Å². The van der Waals surface area contributed by atoms with Crippen LogP contribution in [-0.4, -0.2) is 37.8 Å². The molecule has 31 heavy (non-hydrogen) atoms. The fourth-order valence-corrected chi connectivity index (χ4v) is 5.84. The average molecular weight is 447 g/mol. The minimum absolute atomic E-state index is 0.0490. The lowest BCUT2D eigenvalue weighted by molar-refractivity contribution is -0.126. The Morgan fingerprint density at radius 1 is 1.16 bits per heavy atom. The standard InChI is InChI=1S/C24H31FN2O3S/c1-18(16-24(2,3)20-9-5-4-6-10-20)26-23(28)19-8-7-15-27(17-19)31(29,30)22-13-11-21(25)12-14-22/h4-6,9-14,18-19H,7-8,15-17H2,1-3H3,(H,26,28)/t18-,19-/m0/s1. The second-order valence-corrected chi connectivity index (χ2v) is 11.0. The van der Waals surface area contributed by atoms with Crippen molar-refractivity contribution >= 4 is 15.9 Å². The lowest BCUT2D eigenvalue weighted by atomic mass is 9.79. The van der Waals surface area contributed by atoms with Gasteiger partial charge in [0, 0.05) is 19.1 Å². The molecule has 168 valence electrons. The molecular formula is C24H31FN2O3S. The van der Waals surface area contributed by atoms with Gasteiger partial charge in [0.05, 0.1) is 10.8 Å². The summed E-state index contributed by atoms with van der Waals surface area (Å²) in [5, 5.41) is 3.08. The molecule has 7 heteroatoms. The van der Waals surface area contributed by atoms with E-state index in [0.717, 1.165) is 18.6 Å². The van der Waals surface area contributed by atoms with E-state index in [9.17, 15) is 17.6 Å². The molecule has 0 spiro atoms. The lowest BCUT2D eigenvalue weighted by Gasteiger charge is -2.33. The molecule has 1 fully saturated rings. The molecule has 1 aliphatic heterocycles. The summed E-state index contributed by atoms with van der Waals surface area (Å²) in [4.78, 5) is 13.0. The first kappa shape index (κ1) is 23.4. The monoisotopic (exact) mass is 446 g/mol. The van der Waals surface area contributed by atoms with Crippen molar-refractivity contribution in [2.24, 2.45) is 5.92 Å². The minimum atomic E-state index is -3.75. The number of rotatable bonds is 7. The zero-order chi connectivity index (χ0) is 22.6. The summed E-state index contributed by atoms with van der Waals surface area (Å²) in [6.45, 7) is 6.80. The van der Waals surface area contributed by atoms with Crippen molar-refractivity contribution in [3.8, 4) is 0 Å². The van der Waals surface area contributed by atoms with Crippen LogP contribution in [0.5, 0.6) is 0 Å². The van der Waals surface area contributed by atoms with E-state index in [1.807, 2.05) is 25.1 Å². The van der Waals surface area contributed by atoms with Crippen molar-refractivity contribution < 1.29 is 17.6 Å². The second kappa shape index (κ2) is 9.49. The zero-order valence-corrected chi connectivity index (χ0v) is 19.2. The maximum absolute atomic E-state index is 13.2. The van der Waals surface area contributed by atoms with Gasteiger partial charge < -0.3 is 5.32 Å². The third kappa shape index (κ3) is 5.71. The van der Waals surface area contributed by atoms with Gasteiger partial charge in [-0.2, -0.15) is 4.31 Å². The van der Waals surface area contributed by atoms with Crippen LogP contribution in [0.25, 0.3) is 0 Å². The molecule has 0 unspecified atom stereocenters. The summed E-state index contributed by atoms with van der Waals surface area (Å²) in [5.74, 6) is -0.996. The van der Waals surface area contributed by atoms with Gasteiger partial charge in [-0.3, -0.25) is 4.79 Å². The van der Waals surface area contributed by atoms with Gasteiger partial charge in [-0.1, -0.05) is 44.2 Å². The van der Waals surface area contributed by atoms with Gasteiger partial charge in [0.15, 0.2) is 0 Å². The van der Waals surface area contributed by atoms with Crippen LogP contribution in [0, 0.1) is 11.7 Å². The quantitative estimate of drug-likeness (QED) is 0.696. The maximum atomic E-state index is 13.2. The van der Waals surface area contributed by atoms with Gasteiger partial charge in [0.2, 0.25) is 15.9 Å². The zero-order valence-electron chi connectivity index (χ0n) is 18.3. The van der Waals surface area contributed by atoms with Gasteiger partial charge in [-0.05, 0) is 61.4 Å². The van der Waals surface area contributed by atoms with Crippen molar-refractivity contribution in [2.45, 2.75) is 56.4 Å². The van der Waals surface area contributed by atoms with E-state index in [1.54, 1.807) is 0 Å².